The van der Waals surface area contributed by atoms with Crippen LogP contribution in [-0.4, -0.2) is 31.8 Å². The molecule has 0 amide bonds. The summed E-state index contributed by atoms with van der Waals surface area (Å²) in [6, 6.07) is 0. The van der Waals surface area contributed by atoms with Gasteiger partial charge in [0.05, 0.1) is 0 Å². The second kappa shape index (κ2) is 5.05. The summed E-state index contributed by atoms with van der Waals surface area (Å²) in [5, 5.41) is 11.1. The topological polar surface area (TPSA) is 69.9 Å². The summed E-state index contributed by atoms with van der Waals surface area (Å²) in [6.07, 6.45) is 1.07. The lowest BCUT2D eigenvalue weighted by Gasteiger charge is -2.19. The van der Waals surface area contributed by atoms with E-state index in [2.05, 4.69) is 15.5 Å². The van der Waals surface area contributed by atoms with Crippen molar-refractivity contribution in [1.29, 1.82) is 0 Å². The minimum atomic E-state index is -0.415. The Balaban J connectivity index is 2.26. The van der Waals surface area contributed by atoms with E-state index in [1.165, 1.54) is 0 Å². The van der Waals surface area contributed by atoms with Gasteiger partial charge in [0, 0.05) is 13.0 Å². The maximum Gasteiger partial charge on any atom is 0.306 e. The van der Waals surface area contributed by atoms with E-state index in [-0.39, 0.29) is 5.97 Å². The number of carbonyl (C=O) groups excluding carboxylic acids is 1. The fourth-order valence-corrected chi connectivity index (χ4v) is 1.22. The Morgan fingerprint density at radius 3 is 2.62 bits per heavy atom. The van der Waals surface area contributed by atoms with Crippen LogP contribution in [-0.2, 0) is 16.1 Å². The molecule has 1 aromatic rings. The van der Waals surface area contributed by atoms with Crippen molar-refractivity contribution in [2.45, 2.75) is 52.7 Å². The summed E-state index contributed by atoms with van der Waals surface area (Å²) < 4.78 is 6.86. The number of nitrogens with zero attached hydrogens (tertiary/aromatic N) is 4. The Bertz CT molecular complexity index is 354. The van der Waals surface area contributed by atoms with Gasteiger partial charge in [-0.25, -0.2) is 4.68 Å². The van der Waals surface area contributed by atoms with Gasteiger partial charge in [-0.05, 0) is 44.5 Å². The molecule has 0 atom stereocenters. The number of hydrogen-bond acceptors (Lipinski definition) is 5. The Morgan fingerprint density at radius 1 is 1.44 bits per heavy atom. The summed E-state index contributed by atoms with van der Waals surface area (Å²) >= 11 is 0. The van der Waals surface area contributed by atoms with Gasteiger partial charge in [-0.3, -0.25) is 4.79 Å². The minimum Gasteiger partial charge on any atom is -0.460 e. The average molecular weight is 226 g/mol. The van der Waals surface area contributed by atoms with Gasteiger partial charge >= 0.3 is 5.97 Å². The van der Waals surface area contributed by atoms with Crippen molar-refractivity contribution in [1.82, 2.24) is 20.2 Å². The zero-order valence-electron chi connectivity index (χ0n) is 10.2. The molecule has 6 nitrogen and oxygen atoms in total. The predicted molar refractivity (Wildman–Crippen MR) is 57.6 cm³/mol. The highest BCUT2D eigenvalue weighted by atomic mass is 16.6. The van der Waals surface area contributed by atoms with Crippen molar-refractivity contribution in [2.75, 3.05) is 0 Å². The van der Waals surface area contributed by atoms with Gasteiger partial charge in [-0.1, -0.05) is 0 Å². The van der Waals surface area contributed by atoms with E-state index in [1.54, 1.807) is 4.68 Å². The molecule has 16 heavy (non-hydrogen) atoms. The summed E-state index contributed by atoms with van der Waals surface area (Å²) in [5.74, 6) is 0.572. The molecule has 0 unspecified atom stereocenters. The van der Waals surface area contributed by atoms with E-state index in [9.17, 15) is 4.79 Å². The van der Waals surface area contributed by atoms with E-state index in [1.807, 2.05) is 27.7 Å². The monoisotopic (exact) mass is 226 g/mol. The van der Waals surface area contributed by atoms with Crippen LogP contribution < -0.4 is 0 Å². The molecular weight excluding hydrogens is 208 g/mol. The number of aryl methyl sites for hydroxylation is 2. The van der Waals surface area contributed by atoms with Crippen LogP contribution in [0.4, 0.5) is 0 Å². The molecule has 90 valence electrons. The lowest BCUT2D eigenvalue weighted by atomic mass is 10.2. The molecule has 0 aromatic carbocycles. The second-order valence-electron chi connectivity index (χ2n) is 4.64. The number of ether oxygens (including phenoxy) is 1. The molecule has 1 heterocycles. The molecule has 0 aliphatic carbocycles. The Kier molecular flexibility index (Phi) is 3.98. The van der Waals surface area contributed by atoms with Crippen LogP contribution >= 0.6 is 0 Å². The van der Waals surface area contributed by atoms with Gasteiger partial charge in [0.25, 0.3) is 0 Å². The first-order valence-corrected chi connectivity index (χ1v) is 5.33. The number of esters is 1. The standard InChI is InChI=1S/C10H18N4O2/c1-8-11-12-13-14(8)7-5-6-9(15)16-10(2,3)4/h5-7H2,1-4H3. The zero-order valence-corrected chi connectivity index (χ0v) is 10.2. The summed E-state index contributed by atoms with van der Waals surface area (Å²) in [7, 11) is 0. The van der Waals surface area contributed by atoms with Crippen molar-refractivity contribution in [3.63, 3.8) is 0 Å². The summed E-state index contributed by atoms with van der Waals surface area (Å²) in [4.78, 5) is 11.4. The summed E-state index contributed by atoms with van der Waals surface area (Å²) in [5.41, 5.74) is -0.415. The molecule has 0 fully saturated rings. The molecule has 1 aromatic heterocycles. The molecule has 0 N–H and O–H groups in total. The smallest absolute Gasteiger partial charge is 0.306 e. The Hall–Kier alpha value is -1.46. The molecule has 0 aliphatic rings. The first kappa shape index (κ1) is 12.6. The van der Waals surface area contributed by atoms with E-state index < -0.39 is 5.60 Å². The molecular formula is C10H18N4O2. The average Bonchev–Trinajstić information content (AvgIpc) is 2.48. The highest BCUT2D eigenvalue weighted by molar-refractivity contribution is 5.69. The molecule has 0 aliphatic heterocycles. The highest BCUT2D eigenvalue weighted by Gasteiger charge is 2.15. The zero-order chi connectivity index (χ0) is 12.2. The van der Waals surface area contributed by atoms with Crippen molar-refractivity contribution in [3.8, 4) is 0 Å². The molecule has 0 radical (unpaired) electrons. The molecule has 0 saturated heterocycles. The third-order valence-electron chi connectivity index (χ3n) is 1.88. The van der Waals surface area contributed by atoms with E-state index >= 15 is 0 Å². The van der Waals surface area contributed by atoms with E-state index in [4.69, 9.17) is 4.74 Å². The quantitative estimate of drug-likeness (QED) is 0.719. The van der Waals surface area contributed by atoms with Gasteiger partial charge in [0.2, 0.25) is 0 Å². The van der Waals surface area contributed by atoms with Crippen molar-refractivity contribution in [2.24, 2.45) is 0 Å². The Labute approximate surface area is 95.0 Å². The number of tetrazole rings is 1. The van der Waals surface area contributed by atoms with Crippen LogP contribution in [0.5, 0.6) is 0 Å². The van der Waals surface area contributed by atoms with Crippen LogP contribution in [0.3, 0.4) is 0 Å². The van der Waals surface area contributed by atoms with Crippen LogP contribution in [0.15, 0.2) is 0 Å². The number of carbonyl (C=O) groups is 1. The van der Waals surface area contributed by atoms with E-state index in [0.717, 1.165) is 5.82 Å². The van der Waals surface area contributed by atoms with Crippen molar-refractivity contribution >= 4 is 5.97 Å². The third-order valence-corrected chi connectivity index (χ3v) is 1.88. The number of rotatable bonds is 4. The van der Waals surface area contributed by atoms with Crippen molar-refractivity contribution in [3.05, 3.63) is 5.82 Å². The highest BCUT2D eigenvalue weighted by Crippen LogP contribution is 2.09. The molecule has 0 saturated carbocycles. The molecule has 0 spiro atoms. The maximum atomic E-state index is 11.4. The van der Waals surface area contributed by atoms with Gasteiger partial charge in [0.1, 0.15) is 11.4 Å². The normalized spacial score (nSPS) is 11.5. The molecule has 0 bridgehead atoms. The number of hydrogen-bond donors (Lipinski definition) is 0. The van der Waals surface area contributed by atoms with Crippen molar-refractivity contribution < 1.29 is 9.53 Å². The Morgan fingerprint density at radius 2 is 2.12 bits per heavy atom. The van der Waals surface area contributed by atoms with Gasteiger partial charge in [-0.2, -0.15) is 0 Å². The molecule has 1 rings (SSSR count). The fraction of sp³-hybridized carbons (Fsp3) is 0.800. The van der Waals surface area contributed by atoms with Crippen LogP contribution in [0.2, 0.25) is 0 Å². The van der Waals surface area contributed by atoms with Crippen LogP contribution in [0, 0.1) is 6.92 Å². The third kappa shape index (κ3) is 4.37. The van der Waals surface area contributed by atoms with Gasteiger partial charge < -0.3 is 4.74 Å². The largest absolute Gasteiger partial charge is 0.460 e. The lowest BCUT2D eigenvalue weighted by Crippen LogP contribution is -2.23. The van der Waals surface area contributed by atoms with E-state index in [0.29, 0.717) is 19.4 Å². The summed E-state index contributed by atoms with van der Waals surface area (Å²) in [6.45, 7) is 8.04. The van der Waals surface area contributed by atoms with Gasteiger partial charge in [-0.15, -0.1) is 5.10 Å². The second-order valence-corrected chi connectivity index (χ2v) is 4.64. The lowest BCUT2D eigenvalue weighted by molar-refractivity contribution is -0.154. The number of aromatic nitrogens is 4. The SMILES string of the molecule is Cc1nnnn1CCCC(=O)OC(C)(C)C. The fourth-order valence-electron chi connectivity index (χ4n) is 1.22. The molecule has 6 heteroatoms. The maximum absolute atomic E-state index is 11.4. The predicted octanol–water partition coefficient (Wildman–Crippen LogP) is 1.10. The first-order valence-electron chi connectivity index (χ1n) is 5.33. The van der Waals surface area contributed by atoms with Crippen LogP contribution in [0.25, 0.3) is 0 Å². The minimum absolute atomic E-state index is 0.182. The van der Waals surface area contributed by atoms with Gasteiger partial charge in [0.15, 0.2) is 0 Å². The first-order chi connectivity index (χ1) is 7.38. The van der Waals surface area contributed by atoms with Crippen LogP contribution in [0.1, 0.15) is 39.4 Å².